The van der Waals surface area contributed by atoms with Crippen molar-refractivity contribution in [1.82, 2.24) is 0 Å². The number of ether oxygens (including phenoxy) is 1. The van der Waals surface area contributed by atoms with Crippen LogP contribution in [0.25, 0.3) is 0 Å². The van der Waals surface area contributed by atoms with Crippen LogP contribution in [0, 0.1) is 5.41 Å². The summed E-state index contributed by atoms with van der Waals surface area (Å²) in [5.74, 6) is 0.765. The lowest BCUT2D eigenvalue weighted by molar-refractivity contribution is -0.117. The van der Waals surface area contributed by atoms with Gasteiger partial charge in [-0.15, -0.1) is 0 Å². The lowest BCUT2D eigenvalue weighted by Crippen LogP contribution is -2.28. The fourth-order valence-electron chi connectivity index (χ4n) is 3.08. The van der Waals surface area contributed by atoms with E-state index in [4.69, 9.17) is 4.74 Å². The van der Waals surface area contributed by atoms with Gasteiger partial charge in [0, 0.05) is 30.7 Å². The Labute approximate surface area is 114 Å². The summed E-state index contributed by atoms with van der Waals surface area (Å²) in [4.78, 5) is 14.2. The second kappa shape index (κ2) is 4.64. The zero-order valence-electron chi connectivity index (χ0n) is 11.7. The molecule has 3 heteroatoms. The van der Waals surface area contributed by atoms with E-state index in [1.807, 2.05) is 4.90 Å². The van der Waals surface area contributed by atoms with Crippen molar-refractivity contribution in [1.29, 1.82) is 0 Å². The molecule has 1 unspecified atom stereocenters. The first-order chi connectivity index (χ1) is 9.10. The molecule has 2 aliphatic heterocycles. The molecule has 1 spiro atoms. The third-order valence-electron chi connectivity index (χ3n) is 4.38. The molecule has 0 radical (unpaired) electrons. The van der Waals surface area contributed by atoms with Crippen LogP contribution in [0.2, 0.25) is 0 Å². The Balaban J connectivity index is 1.80. The van der Waals surface area contributed by atoms with Crippen molar-refractivity contribution in [3.8, 4) is 0 Å². The van der Waals surface area contributed by atoms with E-state index in [9.17, 15) is 4.79 Å². The zero-order valence-corrected chi connectivity index (χ0v) is 11.7. The number of amides is 1. The number of anilines is 1. The largest absolute Gasteiger partial charge is 0.381 e. The van der Waals surface area contributed by atoms with Gasteiger partial charge in [0.1, 0.15) is 0 Å². The SMILES string of the molecule is CC(C)c1ccc(N2CC3(CCOC3)CC2=O)cc1. The molecule has 102 valence electrons. The molecule has 1 amide bonds. The van der Waals surface area contributed by atoms with Crippen LogP contribution < -0.4 is 4.90 Å². The van der Waals surface area contributed by atoms with E-state index < -0.39 is 0 Å². The minimum absolute atomic E-state index is 0.0772. The smallest absolute Gasteiger partial charge is 0.227 e. The van der Waals surface area contributed by atoms with E-state index in [-0.39, 0.29) is 11.3 Å². The van der Waals surface area contributed by atoms with E-state index in [0.29, 0.717) is 12.3 Å². The Morgan fingerprint density at radius 1 is 1.26 bits per heavy atom. The van der Waals surface area contributed by atoms with Gasteiger partial charge in [-0.05, 0) is 30.0 Å². The summed E-state index contributed by atoms with van der Waals surface area (Å²) in [5.41, 5.74) is 2.42. The Kier molecular flexibility index (Phi) is 3.09. The standard InChI is InChI=1S/C16H21NO2/c1-12(2)13-3-5-14(6-4-13)17-10-16(9-15(17)18)7-8-19-11-16/h3-6,12H,7-11H2,1-2H3. The van der Waals surface area contributed by atoms with Crippen LogP contribution in [0.4, 0.5) is 5.69 Å². The molecule has 2 aliphatic rings. The second-order valence-corrected chi connectivity index (χ2v) is 6.21. The molecule has 3 rings (SSSR count). The van der Waals surface area contributed by atoms with Crippen molar-refractivity contribution in [3.05, 3.63) is 29.8 Å². The van der Waals surface area contributed by atoms with Crippen LogP contribution in [0.1, 0.15) is 38.2 Å². The molecule has 0 bridgehead atoms. The van der Waals surface area contributed by atoms with Crippen LogP contribution in [0.5, 0.6) is 0 Å². The Hall–Kier alpha value is -1.35. The van der Waals surface area contributed by atoms with Crippen LogP contribution in [-0.4, -0.2) is 25.7 Å². The molecule has 1 atom stereocenters. The van der Waals surface area contributed by atoms with Gasteiger partial charge in [-0.1, -0.05) is 26.0 Å². The van der Waals surface area contributed by atoms with Crippen molar-refractivity contribution in [2.75, 3.05) is 24.7 Å². The van der Waals surface area contributed by atoms with E-state index in [0.717, 1.165) is 31.9 Å². The summed E-state index contributed by atoms with van der Waals surface area (Å²) in [7, 11) is 0. The van der Waals surface area contributed by atoms with Gasteiger partial charge in [0.25, 0.3) is 0 Å². The topological polar surface area (TPSA) is 29.5 Å². The number of carbonyl (C=O) groups is 1. The highest BCUT2D eigenvalue weighted by molar-refractivity contribution is 5.96. The minimum atomic E-state index is 0.0772. The van der Waals surface area contributed by atoms with Crippen molar-refractivity contribution >= 4 is 11.6 Å². The van der Waals surface area contributed by atoms with Gasteiger partial charge in [-0.25, -0.2) is 0 Å². The molecule has 1 aromatic carbocycles. The average molecular weight is 259 g/mol. The number of hydrogen-bond donors (Lipinski definition) is 0. The molecule has 3 nitrogen and oxygen atoms in total. The Bertz CT molecular complexity index is 472. The third-order valence-corrected chi connectivity index (χ3v) is 4.38. The minimum Gasteiger partial charge on any atom is -0.381 e. The first-order valence-electron chi connectivity index (χ1n) is 7.08. The predicted octanol–water partition coefficient (Wildman–Crippen LogP) is 2.95. The molecule has 0 aromatic heterocycles. The van der Waals surface area contributed by atoms with Crippen LogP contribution in [0.3, 0.4) is 0 Å². The molecule has 0 saturated carbocycles. The highest BCUT2D eigenvalue weighted by Gasteiger charge is 2.46. The number of rotatable bonds is 2. The fraction of sp³-hybridized carbons (Fsp3) is 0.562. The summed E-state index contributed by atoms with van der Waals surface area (Å²) in [5, 5.41) is 0. The van der Waals surface area contributed by atoms with Crippen LogP contribution in [0.15, 0.2) is 24.3 Å². The van der Waals surface area contributed by atoms with Crippen molar-refractivity contribution in [2.45, 2.75) is 32.6 Å². The van der Waals surface area contributed by atoms with Crippen molar-refractivity contribution < 1.29 is 9.53 Å². The van der Waals surface area contributed by atoms with Crippen LogP contribution >= 0.6 is 0 Å². The van der Waals surface area contributed by atoms with Crippen molar-refractivity contribution in [3.63, 3.8) is 0 Å². The Morgan fingerprint density at radius 3 is 2.58 bits per heavy atom. The van der Waals surface area contributed by atoms with Gasteiger partial charge in [0.2, 0.25) is 5.91 Å². The summed E-state index contributed by atoms with van der Waals surface area (Å²) < 4.78 is 5.49. The van der Waals surface area contributed by atoms with Gasteiger partial charge in [0.15, 0.2) is 0 Å². The molecule has 0 N–H and O–H groups in total. The van der Waals surface area contributed by atoms with Crippen molar-refractivity contribution in [2.24, 2.45) is 5.41 Å². The normalized spacial score (nSPS) is 26.9. The summed E-state index contributed by atoms with van der Waals surface area (Å²) in [6.07, 6.45) is 1.65. The molecule has 19 heavy (non-hydrogen) atoms. The van der Waals surface area contributed by atoms with E-state index >= 15 is 0 Å². The zero-order chi connectivity index (χ0) is 13.5. The lowest BCUT2D eigenvalue weighted by Gasteiger charge is -2.22. The molecule has 0 aliphatic carbocycles. The molecule has 2 saturated heterocycles. The maximum atomic E-state index is 12.2. The molecule has 2 heterocycles. The van der Waals surface area contributed by atoms with E-state index in [2.05, 4.69) is 38.1 Å². The van der Waals surface area contributed by atoms with E-state index in [1.54, 1.807) is 0 Å². The summed E-state index contributed by atoms with van der Waals surface area (Å²) in [6.45, 7) is 6.71. The first kappa shape index (κ1) is 12.7. The van der Waals surface area contributed by atoms with Gasteiger partial charge in [0.05, 0.1) is 6.61 Å². The maximum absolute atomic E-state index is 12.2. The second-order valence-electron chi connectivity index (χ2n) is 6.21. The maximum Gasteiger partial charge on any atom is 0.227 e. The summed E-state index contributed by atoms with van der Waals surface area (Å²) >= 11 is 0. The number of carbonyl (C=O) groups excluding carboxylic acids is 1. The molecular formula is C16H21NO2. The Morgan fingerprint density at radius 2 is 2.00 bits per heavy atom. The monoisotopic (exact) mass is 259 g/mol. The molecule has 1 aromatic rings. The van der Waals surface area contributed by atoms with Gasteiger partial charge in [-0.3, -0.25) is 4.79 Å². The quantitative estimate of drug-likeness (QED) is 0.817. The number of nitrogens with zero attached hydrogens (tertiary/aromatic N) is 1. The third kappa shape index (κ3) is 2.27. The summed E-state index contributed by atoms with van der Waals surface area (Å²) in [6, 6.07) is 8.40. The van der Waals surface area contributed by atoms with Gasteiger partial charge in [-0.2, -0.15) is 0 Å². The molecule has 2 fully saturated rings. The lowest BCUT2D eigenvalue weighted by atomic mass is 9.86. The highest BCUT2D eigenvalue weighted by atomic mass is 16.5. The molecular weight excluding hydrogens is 238 g/mol. The van der Waals surface area contributed by atoms with E-state index in [1.165, 1.54) is 5.56 Å². The number of benzene rings is 1. The van der Waals surface area contributed by atoms with Gasteiger partial charge >= 0.3 is 0 Å². The van der Waals surface area contributed by atoms with Gasteiger partial charge < -0.3 is 9.64 Å². The van der Waals surface area contributed by atoms with Crippen LogP contribution in [-0.2, 0) is 9.53 Å². The fourth-order valence-corrected chi connectivity index (χ4v) is 3.08. The average Bonchev–Trinajstić information content (AvgIpc) is 2.97. The predicted molar refractivity (Wildman–Crippen MR) is 75.4 cm³/mol. The highest BCUT2D eigenvalue weighted by Crippen LogP contribution is 2.40. The first-order valence-corrected chi connectivity index (χ1v) is 7.08. The number of hydrogen-bond acceptors (Lipinski definition) is 2.